The Morgan fingerprint density at radius 2 is 2.42 bits per heavy atom. The Morgan fingerprint density at radius 1 is 1.58 bits per heavy atom. The van der Waals surface area contributed by atoms with E-state index in [1.165, 1.54) is 4.68 Å². The Labute approximate surface area is 69.1 Å². The zero-order chi connectivity index (χ0) is 8.55. The van der Waals surface area contributed by atoms with Crippen LogP contribution >= 0.6 is 0 Å². The first-order valence-electron chi connectivity index (χ1n) is 3.91. The van der Waals surface area contributed by atoms with Crippen molar-refractivity contribution in [1.82, 2.24) is 9.78 Å². The van der Waals surface area contributed by atoms with Crippen molar-refractivity contribution in [2.24, 2.45) is 5.73 Å². The molecule has 0 aromatic carbocycles. The summed E-state index contributed by atoms with van der Waals surface area (Å²) in [5.74, 6) is 0. The van der Waals surface area contributed by atoms with E-state index in [0.717, 1.165) is 11.3 Å². The van der Waals surface area contributed by atoms with Crippen molar-refractivity contribution in [2.45, 2.75) is 19.8 Å². The molecule has 5 nitrogen and oxygen atoms in total. The summed E-state index contributed by atoms with van der Waals surface area (Å²) in [6.07, 6.45) is 0. The minimum absolute atomic E-state index is 0.00736. The number of H-pyrrole nitrogens is 1. The Hall–Kier alpha value is -1.07. The van der Waals surface area contributed by atoms with Gasteiger partial charge in [0.25, 0.3) is 5.56 Å². The average Bonchev–Trinajstić information content (AvgIpc) is 2.58. The van der Waals surface area contributed by atoms with E-state index in [9.17, 15) is 4.79 Å². The average molecular weight is 169 g/mol. The number of nitrogens with zero attached hydrogens (tertiary/aromatic N) is 1. The molecular weight excluding hydrogens is 158 g/mol. The van der Waals surface area contributed by atoms with Gasteiger partial charge in [0, 0.05) is 6.54 Å². The molecule has 1 aromatic rings. The largest absolute Gasteiger partial charge is 0.370 e. The van der Waals surface area contributed by atoms with E-state index in [-0.39, 0.29) is 5.56 Å². The zero-order valence-corrected chi connectivity index (χ0v) is 6.67. The van der Waals surface area contributed by atoms with Gasteiger partial charge in [-0.15, -0.1) is 0 Å². The highest BCUT2D eigenvalue weighted by atomic mass is 16.5. The summed E-state index contributed by atoms with van der Waals surface area (Å²) in [6, 6.07) is 0. The molecule has 0 saturated carbocycles. The molecule has 1 aromatic heterocycles. The molecule has 1 aliphatic heterocycles. The highest BCUT2D eigenvalue weighted by Crippen LogP contribution is 2.12. The molecule has 0 amide bonds. The highest BCUT2D eigenvalue weighted by molar-refractivity contribution is 5.18. The maximum atomic E-state index is 11.4. The fourth-order valence-electron chi connectivity index (χ4n) is 1.38. The molecule has 0 atom stereocenters. The van der Waals surface area contributed by atoms with Gasteiger partial charge < -0.3 is 10.5 Å². The molecule has 0 aliphatic carbocycles. The summed E-state index contributed by atoms with van der Waals surface area (Å²) in [7, 11) is 0. The van der Waals surface area contributed by atoms with Gasteiger partial charge in [-0.1, -0.05) is 0 Å². The van der Waals surface area contributed by atoms with Gasteiger partial charge in [-0.05, 0) is 0 Å². The van der Waals surface area contributed by atoms with Crippen LogP contribution in [0.25, 0.3) is 0 Å². The quantitative estimate of drug-likeness (QED) is 0.606. The molecule has 0 saturated heterocycles. The normalized spacial score (nSPS) is 15.1. The minimum Gasteiger partial charge on any atom is -0.370 e. The highest BCUT2D eigenvalue weighted by Gasteiger charge is 2.18. The van der Waals surface area contributed by atoms with Crippen molar-refractivity contribution in [3.63, 3.8) is 0 Å². The molecule has 5 heteroatoms. The number of ether oxygens (including phenoxy) is 1. The molecule has 66 valence electrons. The summed E-state index contributed by atoms with van der Waals surface area (Å²) >= 11 is 0. The van der Waals surface area contributed by atoms with E-state index < -0.39 is 0 Å². The Balaban J connectivity index is 2.41. The van der Waals surface area contributed by atoms with Crippen molar-refractivity contribution in [3.05, 3.63) is 21.6 Å². The fourth-order valence-corrected chi connectivity index (χ4v) is 1.38. The number of hydrogen-bond donors (Lipinski definition) is 2. The van der Waals surface area contributed by atoms with Crippen LogP contribution < -0.4 is 11.3 Å². The maximum Gasteiger partial charge on any atom is 0.272 e. The molecule has 3 N–H and O–H groups in total. The predicted molar refractivity (Wildman–Crippen MR) is 42.6 cm³/mol. The number of rotatable bonds is 2. The lowest BCUT2D eigenvalue weighted by molar-refractivity contribution is 0.130. The standard InChI is InChI=1S/C7H11N3O2/c8-1-2-10-7(11)5-3-12-4-6(5)9-10/h9H,1-4,8H2. The first-order chi connectivity index (χ1) is 5.83. The van der Waals surface area contributed by atoms with Crippen LogP contribution in [0.5, 0.6) is 0 Å². The van der Waals surface area contributed by atoms with E-state index in [1.54, 1.807) is 0 Å². The summed E-state index contributed by atoms with van der Waals surface area (Å²) in [5.41, 5.74) is 6.99. The number of nitrogens with one attached hydrogen (secondary N) is 1. The van der Waals surface area contributed by atoms with Crippen molar-refractivity contribution in [2.75, 3.05) is 6.54 Å². The Morgan fingerprint density at radius 3 is 3.08 bits per heavy atom. The third kappa shape index (κ3) is 0.981. The van der Waals surface area contributed by atoms with Crippen molar-refractivity contribution in [3.8, 4) is 0 Å². The van der Waals surface area contributed by atoms with E-state index >= 15 is 0 Å². The molecule has 2 rings (SSSR count). The van der Waals surface area contributed by atoms with E-state index in [0.29, 0.717) is 26.3 Å². The van der Waals surface area contributed by atoms with E-state index in [4.69, 9.17) is 10.5 Å². The summed E-state index contributed by atoms with van der Waals surface area (Å²) < 4.78 is 6.63. The predicted octanol–water partition coefficient (Wildman–Crippen LogP) is -0.835. The molecule has 1 aliphatic rings. The van der Waals surface area contributed by atoms with Gasteiger partial charge in [0.2, 0.25) is 0 Å². The smallest absolute Gasteiger partial charge is 0.272 e. The van der Waals surface area contributed by atoms with E-state index in [1.807, 2.05) is 0 Å². The third-order valence-electron chi connectivity index (χ3n) is 1.98. The van der Waals surface area contributed by atoms with E-state index in [2.05, 4.69) is 5.10 Å². The number of hydrogen-bond acceptors (Lipinski definition) is 3. The summed E-state index contributed by atoms with van der Waals surface area (Å²) in [4.78, 5) is 11.4. The molecule has 0 unspecified atom stereocenters. The second kappa shape index (κ2) is 2.76. The molecule has 12 heavy (non-hydrogen) atoms. The number of fused-ring (bicyclic) bond motifs is 1. The van der Waals surface area contributed by atoms with Gasteiger partial charge in [-0.25, -0.2) is 0 Å². The first kappa shape index (κ1) is 7.57. The van der Waals surface area contributed by atoms with Crippen LogP contribution in [0.1, 0.15) is 11.3 Å². The van der Waals surface area contributed by atoms with Gasteiger partial charge in [-0.2, -0.15) is 0 Å². The van der Waals surface area contributed by atoms with Crippen molar-refractivity contribution in [1.29, 1.82) is 0 Å². The van der Waals surface area contributed by atoms with Crippen LogP contribution in [0, 0.1) is 0 Å². The van der Waals surface area contributed by atoms with Gasteiger partial charge in [0.05, 0.1) is 31.0 Å². The SMILES string of the molecule is NCCn1[nH]c2c(c1=O)COC2. The monoisotopic (exact) mass is 169 g/mol. The van der Waals surface area contributed by atoms with Crippen molar-refractivity contribution >= 4 is 0 Å². The van der Waals surface area contributed by atoms with Gasteiger partial charge in [0.15, 0.2) is 0 Å². The second-order valence-electron chi connectivity index (χ2n) is 2.81. The minimum atomic E-state index is 0.00736. The second-order valence-corrected chi connectivity index (χ2v) is 2.81. The van der Waals surface area contributed by atoms with Crippen LogP contribution in [-0.2, 0) is 24.5 Å². The molecule has 0 fully saturated rings. The first-order valence-corrected chi connectivity index (χ1v) is 3.91. The number of nitrogens with two attached hydrogens (primary N) is 1. The lowest BCUT2D eigenvalue weighted by Gasteiger charge is -1.98. The third-order valence-corrected chi connectivity index (χ3v) is 1.98. The van der Waals surface area contributed by atoms with Crippen LogP contribution in [-0.4, -0.2) is 16.3 Å². The Kier molecular flexibility index (Phi) is 1.74. The lowest BCUT2D eigenvalue weighted by atomic mass is 10.3. The molecule has 0 spiro atoms. The summed E-state index contributed by atoms with van der Waals surface area (Å²) in [6.45, 7) is 1.97. The molecule has 0 bridgehead atoms. The number of aromatic nitrogens is 2. The van der Waals surface area contributed by atoms with Gasteiger partial charge in [0.1, 0.15) is 0 Å². The van der Waals surface area contributed by atoms with Crippen molar-refractivity contribution < 1.29 is 4.74 Å². The fraction of sp³-hybridized carbons (Fsp3) is 0.571. The van der Waals surface area contributed by atoms with Crippen LogP contribution in [0.3, 0.4) is 0 Å². The molecule has 0 radical (unpaired) electrons. The molecule has 2 heterocycles. The molecular formula is C7H11N3O2. The zero-order valence-electron chi connectivity index (χ0n) is 6.67. The Bertz CT molecular complexity index is 339. The topological polar surface area (TPSA) is 73.0 Å². The van der Waals surface area contributed by atoms with Crippen LogP contribution in [0.15, 0.2) is 4.79 Å². The van der Waals surface area contributed by atoms with Gasteiger partial charge >= 0.3 is 0 Å². The van der Waals surface area contributed by atoms with Crippen LogP contribution in [0.2, 0.25) is 0 Å². The lowest BCUT2D eigenvalue weighted by Crippen LogP contribution is -2.23. The van der Waals surface area contributed by atoms with Gasteiger partial charge in [-0.3, -0.25) is 14.6 Å². The van der Waals surface area contributed by atoms with Crippen LogP contribution in [0.4, 0.5) is 0 Å². The summed E-state index contributed by atoms with van der Waals surface area (Å²) in [5, 5.41) is 2.96. The maximum absolute atomic E-state index is 11.4. The number of aromatic amines is 1.